The topological polar surface area (TPSA) is 48.9 Å². The predicted molar refractivity (Wildman–Crippen MR) is 101 cm³/mol. The van der Waals surface area contributed by atoms with Crippen LogP contribution in [0.1, 0.15) is 25.3 Å². The molecular formula is C18H27ClF2N4O. The Bertz CT molecular complexity index is 601. The van der Waals surface area contributed by atoms with Crippen molar-refractivity contribution in [1.29, 1.82) is 0 Å². The number of rotatable bonds is 7. The first kappa shape index (κ1) is 20.7. The highest BCUT2D eigenvalue weighted by Gasteiger charge is 2.17. The number of nitrogens with one attached hydrogen (secondary N) is 2. The Morgan fingerprint density at radius 2 is 2.23 bits per heavy atom. The molecule has 2 rings (SSSR count). The summed E-state index contributed by atoms with van der Waals surface area (Å²) in [5.41, 5.74) is 0.521. The zero-order valence-corrected chi connectivity index (χ0v) is 16.0. The van der Waals surface area contributed by atoms with Gasteiger partial charge in [-0.1, -0.05) is 11.6 Å². The fraction of sp³-hybridized carbons (Fsp3) is 0.611. The van der Waals surface area contributed by atoms with Gasteiger partial charge in [-0.25, -0.2) is 4.99 Å². The molecule has 0 saturated carbocycles. The Morgan fingerprint density at radius 1 is 1.42 bits per heavy atom. The molecule has 1 aromatic carbocycles. The van der Waals surface area contributed by atoms with E-state index < -0.39 is 6.61 Å². The third-order valence-electron chi connectivity index (χ3n) is 4.27. The Kier molecular flexibility index (Phi) is 8.38. The van der Waals surface area contributed by atoms with Crippen LogP contribution in [0.25, 0.3) is 0 Å². The molecule has 0 amide bonds. The lowest BCUT2D eigenvalue weighted by atomic mass is 9.99. The van der Waals surface area contributed by atoms with Crippen LogP contribution in [-0.2, 0) is 6.54 Å². The molecule has 1 aliphatic heterocycles. The van der Waals surface area contributed by atoms with Gasteiger partial charge < -0.3 is 20.3 Å². The van der Waals surface area contributed by atoms with Gasteiger partial charge in [0, 0.05) is 30.2 Å². The van der Waals surface area contributed by atoms with Crippen LogP contribution in [0.4, 0.5) is 8.78 Å². The maximum Gasteiger partial charge on any atom is 0.387 e. The lowest BCUT2D eigenvalue weighted by Crippen LogP contribution is -2.43. The lowest BCUT2D eigenvalue weighted by Gasteiger charge is -2.30. The van der Waals surface area contributed by atoms with Crippen LogP contribution in [0.3, 0.4) is 0 Å². The number of piperidine rings is 1. The average molecular weight is 389 g/mol. The van der Waals surface area contributed by atoms with E-state index in [2.05, 4.69) is 32.3 Å². The van der Waals surface area contributed by atoms with Crippen molar-refractivity contribution in [3.63, 3.8) is 0 Å². The zero-order chi connectivity index (χ0) is 18.9. The fourth-order valence-electron chi connectivity index (χ4n) is 3.07. The maximum absolute atomic E-state index is 12.6. The third kappa shape index (κ3) is 6.96. The van der Waals surface area contributed by atoms with Crippen molar-refractivity contribution in [1.82, 2.24) is 15.5 Å². The molecule has 146 valence electrons. The number of likely N-dealkylation sites (tertiary alicyclic amines) is 1. The van der Waals surface area contributed by atoms with E-state index in [0.29, 0.717) is 29.0 Å². The summed E-state index contributed by atoms with van der Waals surface area (Å²) in [6, 6.07) is 4.56. The minimum Gasteiger partial charge on any atom is -0.434 e. The van der Waals surface area contributed by atoms with Gasteiger partial charge in [-0.15, -0.1) is 0 Å². The third-order valence-corrected chi connectivity index (χ3v) is 4.51. The Balaban J connectivity index is 2.00. The molecule has 1 fully saturated rings. The fourth-order valence-corrected chi connectivity index (χ4v) is 3.26. The number of aliphatic imine (C=N–C) groups is 1. The molecule has 26 heavy (non-hydrogen) atoms. The van der Waals surface area contributed by atoms with E-state index in [-0.39, 0.29) is 12.3 Å². The standard InChI is InChI=1S/C18H27ClF2N4O/c1-3-22-18(23-10-13-5-4-8-25(2)12-13)24-11-14-9-15(19)6-7-16(14)26-17(20)21/h6-7,9,13,17H,3-5,8,10-12H2,1-2H3,(H2,22,23,24). The van der Waals surface area contributed by atoms with Crippen LogP contribution < -0.4 is 15.4 Å². The first-order valence-corrected chi connectivity index (χ1v) is 9.29. The van der Waals surface area contributed by atoms with E-state index in [9.17, 15) is 8.78 Å². The van der Waals surface area contributed by atoms with Crippen LogP contribution in [-0.4, -0.2) is 50.7 Å². The number of halogens is 3. The quantitative estimate of drug-likeness (QED) is 0.555. The minimum atomic E-state index is -2.88. The van der Waals surface area contributed by atoms with Gasteiger partial charge in [-0.2, -0.15) is 8.78 Å². The first-order valence-electron chi connectivity index (χ1n) is 8.92. The summed E-state index contributed by atoms with van der Waals surface area (Å²) in [4.78, 5) is 6.83. The highest BCUT2D eigenvalue weighted by molar-refractivity contribution is 6.30. The number of hydrogen-bond donors (Lipinski definition) is 2. The Labute approximate surface area is 158 Å². The van der Waals surface area contributed by atoms with Crippen LogP contribution in [0, 0.1) is 5.92 Å². The molecule has 5 nitrogen and oxygen atoms in total. The van der Waals surface area contributed by atoms with Gasteiger partial charge >= 0.3 is 6.61 Å². The molecule has 1 atom stereocenters. The molecule has 0 bridgehead atoms. The molecule has 2 N–H and O–H groups in total. The van der Waals surface area contributed by atoms with Crippen molar-refractivity contribution in [3.8, 4) is 5.75 Å². The number of benzene rings is 1. The second-order valence-corrected chi connectivity index (χ2v) is 6.91. The summed E-state index contributed by atoms with van der Waals surface area (Å²) < 4.78 is 29.7. The second-order valence-electron chi connectivity index (χ2n) is 6.48. The zero-order valence-electron chi connectivity index (χ0n) is 15.3. The van der Waals surface area contributed by atoms with Crippen LogP contribution in [0.2, 0.25) is 5.02 Å². The molecule has 1 aliphatic rings. The van der Waals surface area contributed by atoms with Crippen molar-refractivity contribution in [2.45, 2.75) is 32.9 Å². The molecule has 0 aliphatic carbocycles. The number of alkyl halides is 2. The van der Waals surface area contributed by atoms with Crippen molar-refractivity contribution in [3.05, 3.63) is 28.8 Å². The van der Waals surface area contributed by atoms with Gasteiger partial charge in [0.05, 0.1) is 6.54 Å². The molecule has 8 heteroatoms. The molecule has 1 aromatic rings. The average Bonchev–Trinajstić information content (AvgIpc) is 2.59. The van der Waals surface area contributed by atoms with E-state index in [0.717, 1.165) is 19.6 Å². The summed E-state index contributed by atoms with van der Waals surface area (Å²) in [5.74, 6) is 1.32. The minimum absolute atomic E-state index is 0.0953. The van der Waals surface area contributed by atoms with Crippen LogP contribution in [0.15, 0.2) is 23.2 Å². The summed E-state index contributed by atoms with van der Waals surface area (Å²) in [7, 11) is 2.13. The Morgan fingerprint density at radius 3 is 2.92 bits per heavy atom. The SMILES string of the molecule is CCNC(=NCc1cc(Cl)ccc1OC(F)F)NCC1CCCN(C)C1. The monoisotopic (exact) mass is 388 g/mol. The molecular weight excluding hydrogens is 362 g/mol. The first-order chi connectivity index (χ1) is 12.5. The molecule has 0 aromatic heterocycles. The molecule has 1 saturated heterocycles. The van der Waals surface area contributed by atoms with Gasteiger partial charge in [-0.3, -0.25) is 0 Å². The number of hydrogen-bond acceptors (Lipinski definition) is 3. The summed E-state index contributed by atoms with van der Waals surface area (Å²) in [6.45, 7) is 3.05. The van der Waals surface area contributed by atoms with Crippen molar-refractivity contribution in [2.75, 3.05) is 33.2 Å². The van der Waals surface area contributed by atoms with Crippen molar-refractivity contribution < 1.29 is 13.5 Å². The van der Waals surface area contributed by atoms with E-state index in [4.69, 9.17) is 11.6 Å². The number of nitrogens with zero attached hydrogens (tertiary/aromatic N) is 2. The Hall–Kier alpha value is -1.60. The van der Waals surface area contributed by atoms with Crippen molar-refractivity contribution >= 4 is 17.6 Å². The summed E-state index contributed by atoms with van der Waals surface area (Å²) in [6.07, 6.45) is 2.39. The van der Waals surface area contributed by atoms with Crippen LogP contribution >= 0.6 is 11.6 Å². The van der Waals surface area contributed by atoms with E-state index in [1.165, 1.54) is 25.0 Å². The summed E-state index contributed by atoms with van der Waals surface area (Å²) in [5, 5.41) is 6.99. The molecule has 1 heterocycles. The molecule has 0 spiro atoms. The van der Waals surface area contributed by atoms with E-state index in [1.807, 2.05) is 6.92 Å². The highest BCUT2D eigenvalue weighted by Crippen LogP contribution is 2.25. The predicted octanol–water partition coefficient (Wildman–Crippen LogP) is 3.34. The normalized spacial score (nSPS) is 18.8. The van der Waals surface area contributed by atoms with Gasteiger partial charge in [0.25, 0.3) is 0 Å². The van der Waals surface area contributed by atoms with Gasteiger partial charge in [0.15, 0.2) is 5.96 Å². The van der Waals surface area contributed by atoms with Gasteiger partial charge in [0.2, 0.25) is 0 Å². The number of guanidine groups is 1. The second kappa shape index (κ2) is 10.5. The van der Waals surface area contributed by atoms with Crippen LogP contribution in [0.5, 0.6) is 5.75 Å². The van der Waals surface area contributed by atoms with Gasteiger partial charge in [-0.05, 0) is 57.5 Å². The number of ether oxygens (including phenoxy) is 1. The highest BCUT2D eigenvalue weighted by atomic mass is 35.5. The lowest BCUT2D eigenvalue weighted by molar-refractivity contribution is -0.0504. The largest absolute Gasteiger partial charge is 0.434 e. The van der Waals surface area contributed by atoms with Gasteiger partial charge in [0.1, 0.15) is 5.75 Å². The van der Waals surface area contributed by atoms with Crippen molar-refractivity contribution in [2.24, 2.45) is 10.9 Å². The molecule has 1 unspecified atom stereocenters. The molecule has 0 radical (unpaired) electrons. The van der Waals surface area contributed by atoms with E-state index in [1.54, 1.807) is 6.07 Å². The van der Waals surface area contributed by atoms with E-state index >= 15 is 0 Å². The smallest absolute Gasteiger partial charge is 0.387 e. The maximum atomic E-state index is 12.6. The summed E-state index contributed by atoms with van der Waals surface area (Å²) >= 11 is 5.98.